The van der Waals surface area contributed by atoms with Crippen LogP contribution in [-0.4, -0.2) is 53.7 Å². The molecular formula is C30H35N7O2. The minimum Gasteiger partial charge on any atom is -0.384 e. The number of nitrogen functional groups attached to an aromatic ring is 1. The van der Waals surface area contributed by atoms with Crippen molar-refractivity contribution in [2.24, 2.45) is 4.99 Å². The molecule has 0 spiro atoms. The average molecular weight is 526 g/mol. The second-order valence-electron chi connectivity index (χ2n) is 9.20. The Balaban J connectivity index is 1.61. The van der Waals surface area contributed by atoms with Gasteiger partial charge in [-0.15, -0.1) is 0 Å². The van der Waals surface area contributed by atoms with Crippen molar-refractivity contribution in [1.29, 1.82) is 0 Å². The van der Waals surface area contributed by atoms with Gasteiger partial charge in [-0.25, -0.2) is 4.98 Å². The van der Waals surface area contributed by atoms with Gasteiger partial charge in [0.15, 0.2) is 0 Å². The van der Waals surface area contributed by atoms with E-state index in [9.17, 15) is 9.59 Å². The van der Waals surface area contributed by atoms with Gasteiger partial charge in [0.25, 0.3) is 5.91 Å². The first-order valence-electron chi connectivity index (χ1n) is 13.1. The molecule has 2 heterocycles. The number of rotatable bonds is 10. The molecule has 5 N–H and O–H groups in total. The molecule has 4 aromatic rings. The molecule has 1 atom stereocenters. The summed E-state index contributed by atoms with van der Waals surface area (Å²) in [5, 5.41) is 6.65. The standard InChI is InChI=1S/C30H35N7O2/c1-5-32-28-19(4)34-27(31)17-23(28)25-16-21-15-20(13-14-24(21)35-25)29(38)36-26(30(39)33-6-2)18-37(7-3)22-11-9-8-10-12-22/h5,8-17,26,35H,6-7,18H2,1-4H3,(H2,31,34)(H,33,39)(H,36,38). The van der Waals surface area contributed by atoms with Crippen LogP contribution in [-0.2, 0) is 4.79 Å². The van der Waals surface area contributed by atoms with Crippen molar-refractivity contribution in [2.45, 2.75) is 33.7 Å². The lowest BCUT2D eigenvalue weighted by Crippen LogP contribution is -2.52. The fourth-order valence-corrected chi connectivity index (χ4v) is 4.62. The predicted molar refractivity (Wildman–Crippen MR) is 159 cm³/mol. The van der Waals surface area contributed by atoms with Gasteiger partial charge < -0.3 is 26.3 Å². The smallest absolute Gasteiger partial charge is 0.252 e. The number of hydrogen-bond donors (Lipinski definition) is 4. The van der Waals surface area contributed by atoms with Gasteiger partial charge in [-0.1, -0.05) is 18.2 Å². The van der Waals surface area contributed by atoms with Crippen LogP contribution in [0.25, 0.3) is 22.2 Å². The van der Waals surface area contributed by atoms with Crippen LogP contribution >= 0.6 is 0 Å². The minimum absolute atomic E-state index is 0.222. The van der Waals surface area contributed by atoms with Crippen molar-refractivity contribution in [3.8, 4) is 11.3 Å². The average Bonchev–Trinajstić information content (AvgIpc) is 3.36. The zero-order chi connectivity index (χ0) is 27.9. The molecule has 2 aromatic carbocycles. The SMILES string of the molecule is CC=Nc1c(-c2cc3cc(C(=O)NC(CN(CC)c4ccccc4)C(=O)NCC)ccc3[nH]2)cc(N)nc1C. The number of nitrogens with zero attached hydrogens (tertiary/aromatic N) is 3. The lowest BCUT2D eigenvalue weighted by molar-refractivity contribution is -0.122. The van der Waals surface area contributed by atoms with E-state index in [2.05, 4.69) is 30.5 Å². The number of fused-ring (bicyclic) bond motifs is 1. The number of aliphatic imine (C=N–C) groups is 1. The number of amides is 2. The Morgan fingerprint density at radius 2 is 1.90 bits per heavy atom. The van der Waals surface area contributed by atoms with E-state index in [0.29, 0.717) is 31.0 Å². The molecule has 2 aromatic heterocycles. The van der Waals surface area contributed by atoms with Crippen LogP contribution in [0, 0.1) is 6.92 Å². The van der Waals surface area contributed by atoms with Crippen LogP contribution in [0.1, 0.15) is 36.8 Å². The second kappa shape index (κ2) is 12.3. The largest absolute Gasteiger partial charge is 0.384 e. The van der Waals surface area contributed by atoms with Gasteiger partial charge in [-0.2, -0.15) is 0 Å². The molecule has 39 heavy (non-hydrogen) atoms. The maximum absolute atomic E-state index is 13.4. The first-order valence-corrected chi connectivity index (χ1v) is 13.1. The Morgan fingerprint density at radius 3 is 2.59 bits per heavy atom. The van der Waals surface area contributed by atoms with Gasteiger partial charge in [-0.3, -0.25) is 14.6 Å². The fraction of sp³-hybridized carbons (Fsp3) is 0.267. The molecule has 0 aliphatic carbocycles. The molecule has 0 saturated heterocycles. The molecular weight excluding hydrogens is 490 g/mol. The number of aromatic nitrogens is 2. The van der Waals surface area contributed by atoms with Crippen LogP contribution in [0.15, 0.2) is 65.7 Å². The highest BCUT2D eigenvalue weighted by Gasteiger charge is 2.24. The summed E-state index contributed by atoms with van der Waals surface area (Å²) in [5.41, 5.74) is 11.5. The first-order chi connectivity index (χ1) is 18.8. The van der Waals surface area contributed by atoms with E-state index in [1.807, 2.05) is 76.2 Å². The summed E-state index contributed by atoms with van der Waals surface area (Å²) >= 11 is 0. The van der Waals surface area contributed by atoms with Crippen LogP contribution in [0.2, 0.25) is 0 Å². The summed E-state index contributed by atoms with van der Waals surface area (Å²) < 4.78 is 0. The number of para-hydroxylation sites is 1. The normalized spacial score (nSPS) is 12.0. The topological polar surface area (TPSA) is 128 Å². The van der Waals surface area contributed by atoms with E-state index in [-0.39, 0.29) is 11.8 Å². The van der Waals surface area contributed by atoms with Gasteiger partial charge in [-0.05, 0) is 70.2 Å². The van der Waals surface area contributed by atoms with Crippen LogP contribution in [0.4, 0.5) is 17.2 Å². The minimum atomic E-state index is -0.729. The Hall–Kier alpha value is -4.66. The molecule has 2 amide bonds. The number of benzene rings is 2. The number of likely N-dealkylation sites (N-methyl/N-ethyl adjacent to an activating group) is 2. The van der Waals surface area contributed by atoms with E-state index in [4.69, 9.17) is 5.73 Å². The third-order valence-corrected chi connectivity index (χ3v) is 6.50. The molecule has 202 valence electrons. The number of aryl methyl sites for hydroxylation is 1. The summed E-state index contributed by atoms with van der Waals surface area (Å²) in [6.45, 7) is 9.12. The van der Waals surface area contributed by atoms with Gasteiger partial charge in [0.2, 0.25) is 5.91 Å². The van der Waals surface area contributed by atoms with E-state index in [1.165, 1.54) is 0 Å². The van der Waals surface area contributed by atoms with Gasteiger partial charge >= 0.3 is 0 Å². The molecule has 0 fully saturated rings. The van der Waals surface area contributed by atoms with Gasteiger partial charge in [0, 0.05) is 59.3 Å². The Morgan fingerprint density at radius 1 is 1.13 bits per heavy atom. The monoisotopic (exact) mass is 525 g/mol. The number of carbonyl (C=O) groups excluding carboxylic acids is 2. The van der Waals surface area contributed by atoms with Crippen LogP contribution in [0.5, 0.6) is 0 Å². The number of anilines is 2. The Kier molecular flexibility index (Phi) is 8.60. The molecule has 9 nitrogen and oxygen atoms in total. The predicted octanol–water partition coefficient (Wildman–Crippen LogP) is 4.60. The number of nitrogens with one attached hydrogen (secondary N) is 3. The summed E-state index contributed by atoms with van der Waals surface area (Å²) in [5.74, 6) is -0.135. The maximum atomic E-state index is 13.4. The quantitative estimate of drug-likeness (QED) is 0.225. The van der Waals surface area contributed by atoms with E-state index in [0.717, 1.165) is 39.2 Å². The van der Waals surface area contributed by atoms with Gasteiger partial charge in [0.05, 0.1) is 11.4 Å². The van der Waals surface area contributed by atoms with Crippen molar-refractivity contribution in [3.05, 3.63) is 71.9 Å². The third kappa shape index (κ3) is 6.26. The number of nitrogens with two attached hydrogens (primary N) is 1. The summed E-state index contributed by atoms with van der Waals surface area (Å²) in [6, 6.07) is 18.3. The zero-order valence-corrected chi connectivity index (χ0v) is 22.8. The van der Waals surface area contributed by atoms with Crippen LogP contribution in [0.3, 0.4) is 0 Å². The van der Waals surface area contributed by atoms with Crippen molar-refractivity contribution < 1.29 is 9.59 Å². The van der Waals surface area contributed by atoms with Crippen molar-refractivity contribution in [3.63, 3.8) is 0 Å². The highest BCUT2D eigenvalue weighted by molar-refractivity contribution is 6.01. The molecule has 0 aliphatic heterocycles. The number of aromatic amines is 1. The molecule has 0 radical (unpaired) electrons. The second-order valence-corrected chi connectivity index (χ2v) is 9.20. The molecule has 0 aliphatic rings. The van der Waals surface area contributed by atoms with E-state index < -0.39 is 6.04 Å². The summed E-state index contributed by atoms with van der Waals surface area (Å²) in [6.07, 6.45) is 1.72. The van der Waals surface area contributed by atoms with E-state index in [1.54, 1.807) is 18.3 Å². The number of pyridine rings is 1. The number of carbonyl (C=O) groups is 2. The number of H-pyrrole nitrogens is 1. The van der Waals surface area contributed by atoms with Crippen molar-refractivity contribution in [2.75, 3.05) is 30.3 Å². The molecule has 4 rings (SSSR count). The lowest BCUT2D eigenvalue weighted by Gasteiger charge is -2.28. The molecule has 0 bridgehead atoms. The number of hydrogen-bond acceptors (Lipinski definition) is 6. The summed E-state index contributed by atoms with van der Waals surface area (Å²) in [4.78, 5) is 40.6. The highest BCUT2D eigenvalue weighted by Crippen LogP contribution is 2.35. The molecule has 9 heteroatoms. The molecule has 1 unspecified atom stereocenters. The lowest BCUT2D eigenvalue weighted by atomic mass is 10.1. The summed E-state index contributed by atoms with van der Waals surface area (Å²) in [7, 11) is 0. The first kappa shape index (κ1) is 27.4. The van der Waals surface area contributed by atoms with Gasteiger partial charge in [0.1, 0.15) is 11.9 Å². The Labute approximate surface area is 228 Å². The van der Waals surface area contributed by atoms with Crippen LogP contribution < -0.4 is 21.3 Å². The highest BCUT2D eigenvalue weighted by atomic mass is 16.2. The van der Waals surface area contributed by atoms with Crippen molar-refractivity contribution in [1.82, 2.24) is 20.6 Å². The van der Waals surface area contributed by atoms with E-state index >= 15 is 0 Å². The van der Waals surface area contributed by atoms with Crippen molar-refractivity contribution >= 4 is 46.1 Å². The maximum Gasteiger partial charge on any atom is 0.252 e. The molecule has 0 saturated carbocycles. The fourth-order valence-electron chi connectivity index (χ4n) is 4.62. The zero-order valence-electron chi connectivity index (χ0n) is 22.8. The Bertz CT molecular complexity index is 1490. The third-order valence-electron chi connectivity index (χ3n) is 6.50.